The fourth-order valence-corrected chi connectivity index (χ4v) is 2.85. The van der Waals surface area contributed by atoms with Gasteiger partial charge in [-0.1, -0.05) is 0 Å². The van der Waals surface area contributed by atoms with Crippen molar-refractivity contribution >= 4 is 33.4 Å². The van der Waals surface area contributed by atoms with E-state index < -0.39 is 17.5 Å². The lowest BCUT2D eigenvalue weighted by molar-refractivity contribution is 0.562. The summed E-state index contributed by atoms with van der Waals surface area (Å²) in [6, 6.07) is 6.38. The van der Waals surface area contributed by atoms with Crippen molar-refractivity contribution in [3.05, 3.63) is 57.8 Å². The molecule has 0 unspecified atom stereocenters. The number of hydrogen-bond donors (Lipinski definition) is 1. The zero-order chi connectivity index (χ0) is 14.0. The highest BCUT2D eigenvalue weighted by Crippen LogP contribution is 2.32. The maximum Gasteiger partial charge on any atom is 0.144 e. The molecule has 0 saturated carbocycles. The van der Waals surface area contributed by atoms with E-state index in [2.05, 4.69) is 15.9 Å². The highest BCUT2D eigenvalue weighted by atomic mass is 79.9. The van der Waals surface area contributed by atoms with E-state index in [9.17, 15) is 13.2 Å². The summed E-state index contributed by atoms with van der Waals surface area (Å²) in [5, 5.41) is 0. The summed E-state index contributed by atoms with van der Waals surface area (Å²) in [4.78, 5) is 0.457. The van der Waals surface area contributed by atoms with Gasteiger partial charge in [-0.15, -0.1) is 11.8 Å². The molecule has 2 aromatic rings. The zero-order valence-electron chi connectivity index (χ0n) is 9.59. The Morgan fingerprint density at radius 1 is 1.11 bits per heavy atom. The molecule has 0 saturated heterocycles. The number of hydrogen-bond acceptors (Lipinski definition) is 2. The fraction of sp³-hybridized carbons (Fsp3) is 0.0769. The molecule has 100 valence electrons. The third kappa shape index (κ3) is 3.25. The van der Waals surface area contributed by atoms with E-state index in [-0.39, 0.29) is 15.8 Å². The predicted octanol–water partition coefficient (Wildman–Crippen LogP) is 4.74. The Bertz CT molecular complexity index is 619. The Balaban J connectivity index is 2.24. The van der Waals surface area contributed by atoms with E-state index in [1.54, 1.807) is 0 Å². The topological polar surface area (TPSA) is 26.0 Å². The van der Waals surface area contributed by atoms with Crippen molar-refractivity contribution in [2.75, 3.05) is 5.73 Å². The van der Waals surface area contributed by atoms with Crippen molar-refractivity contribution in [3.63, 3.8) is 0 Å². The minimum Gasteiger partial charge on any atom is -0.398 e. The predicted molar refractivity (Wildman–Crippen MR) is 74.4 cm³/mol. The van der Waals surface area contributed by atoms with Crippen LogP contribution in [0.15, 0.2) is 39.7 Å². The third-order valence-corrected chi connectivity index (χ3v) is 4.20. The molecule has 1 nitrogen and oxygen atoms in total. The molecule has 0 aliphatic heterocycles. The van der Waals surface area contributed by atoms with Crippen LogP contribution < -0.4 is 5.73 Å². The van der Waals surface area contributed by atoms with Crippen LogP contribution in [-0.4, -0.2) is 0 Å². The Morgan fingerprint density at radius 3 is 2.58 bits per heavy atom. The van der Waals surface area contributed by atoms with Crippen LogP contribution in [-0.2, 0) is 5.75 Å². The molecule has 2 rings (SSSR count). The number of anilines is 1. The molecule has 6 heteroatoms. The van der Waals surface area contributed by atoms with Crippen LogP contribution in [0.5, 0.6) is 0 Å². The molecule has 0 heterocycles. The van der Waals surface area contributed by atoms with E-state index in [0.717, 1.165) is 11.8 Å². The van der Waals surface area contributed by atoms with Crippen LogP contribution in [0.2, 0.25) is 0 Å². The Hall–Kier alpha value is -1.14. The van der Waals surface area contributed by atoms with E-state index in [4.69, 9.17) is 5.73 Å². The molecule has 2 aromatic carbocycles. The van der Waals surface area contributed by atoms with Crippen molar-refractivity contribution in [3.8, 4) is 0 Å². The lowest BCUT2D eigenvalue weighted by atomic mass is 10.2. The zero-order valence-corrected chi connectivity index (χ0v) is 12.0. The first-order chi connectivity index (χ1) is 8.99. The Morgan fingerprint density at radius 2 is 1.84 bits per heavy atom. The first kappa shape index (κ1) is 14.3. The third-order valence-electron chi connectivity index (χ3n) is 2.49. The second-order valence-corrected chi connectivity index (χ2v) is 5.66. The molecule has 0 fully saturated rings. The smallest absolute Gasteiger partial charge is 0.144 e. The Kier molecular flexibility index (Phi) is 4.42. The molecule has 0 aromatic heterocycles. The minimum atomic E-state index is -0.650. The van der Waals surface area contributed by atoms with Crippen LogP contribution in [0.4, 0.5) is 18.9 Å². The van der Waals surface area contributed by atoms with Gasteiger partial charge in [0.25, 0.3) is 0 Å². The number of benzene rings is 2. The second-order valence-electron chi connectivity index (χ2n) is 3.79. The van der Waals surface area contributed by atoms with Gasteiger partial charge in [-0.3, -0.25) is 0 Å². The average molecular weight is 348 g/mol. The molecule has 2 N–H and O–H groups in total. The van der Waals surface area contributed by atoms with Gasteiger partial charge in [0.05, 0.1) is 4.47 Å². The Labute approximate surface area is 121 Å². The van der Waals surface area contributed by atoms with Crippen molar-refractivity contribution < 1.29 is 13.2 Å². The molecular formula is C13H9BrF3NS. The van der Waals surface area contributed by atoms with E-state index in [1.807, 2.05) is 0 Å². The van der Waals surface area contributed by atoms with Crippen molar-refractivity contribution in [2.24, 2.45) is 0 Å². The summed E-state index contributed by atoms with van der Waals surface area (Å²) in [5.74, 6) is -1.69. The number of nitrogens with two attached hydrogens (primary N) is 1. The van der Waals surface area contributed by atoms with Gasteiger partial charge in [0.1, 0.15) is 17.5 Å². The fourth-order valence-electron chi connectivity index (χ4n) is 1.48. The highest BCUT2D eigenvalue weighted by molar-refractivity contribution is 9.10. The normalized spacial score (nSPS) is 10.7. The quantitative estimate of drug-likeness (QED) is 0.493. The molecule has 0 atom stereocenters. The minimum absolute atomic E-state index is 0.0325. The summed E-state index contributed by atoms with van der Waals surface area (Å²) in [6.07, 6.45) is 0. The summed E-state index contributed by atoms with van der Waals surface area (Å²) in [7, 11) is 0. The van der Waals surface area contributed by atoms with Crippen LogP contribution >= 0.6 is 27.7 Å². The second kappa shape index (κ2) is 5.88. The molecule has 0 spiro atoms. The molecule has 19 heavy (non-hydrogen) atoms. The summed E-state index contributed by atoms with van der Waals surface area (Å²) in [5.41, 5.74) is 5.99. The lowest BCUT2D eigenvalue weighted by Crippen LogP contribution is -1.96. The van der Waals surface area contributed by atoms with Crippen LogP contribution in [0, 0.1) is 17.5 Å². The lowest BCUT2D eigenvalue weighted by Gasteiger charge is -2.08. The number of halogens is 4. The molecule has 0 aliphatic rings. The standard InChI is InChI=1S/C13H9BrF3NS/c14-9-2-3-10(16)8(13(9)17)6-19-12-5-7(15)1-4-11(12)18/h1-5H,6,18H2. The average Bonchev–Trinajstić information content (AvgIpc) is 2.38. The molecule has 0 radical (unpaired) electrons. The van der Waals surface area contributed by atoms with Crippen LogP contribution in [0.1, 0.15) is 5.56 Å². The molecule has 0 bridgehead atoms. The summed E-state index contributed by atoms with van der Waals surface area (Å²) in [6.45, 7) is 0. The van der Waals surface area contributed by atoms with Gasteiger partial charge >= 0.3 is 0 Å². The number of nitrogen functional groups attached to an aromatic ring is 1. The molecule has 0 aliphatic carbocycles. The van der Waals surface area contributed by atoms with Gasteiger partial charge in [0.15, 0.2) is 0 Å². The first-order valence-electron chi connectivity index (χ1n) is 5.29. The van der Waals surface area contributed by atoms with Gasteiger partial charge in [0, 0.05) is 21.9 Å². The van der Waals surface area contributed by atoms with Gasteiger partial charge in [-0.25, -0.2) is 13.2 Å². The number of thioether (sulfide) groups is 1. The van der Waals surface area contributed by atoms with E-state index in [1.165, 1.54) is 30.3 Å². The molecule has 0 amide bonds. The summed E-state index contributed by atoms with van der Waals surface area (Å²) < 4.78 is 40.5. The first-order valence-corrected chi connectivity index (χ1v) is 7.07. The van der Waals surface area contributed by atoms with Gasteiger partial charge in [-0.2, -0.15) is 0 Å². The van der Waals surface area contributed by atoms with Crippen molar-refractivity contribution in [2.45, 2.75) is 10.6 Å². The summed E-state index contributed by atoms with van der Waals surface area (Å²) >= 11 is 4.08. The van der Waals surface area contributed by atoms with Gasteiger partial charge < -0.3 is 5.73 Å². The van der Waals surface area contributed by atoms with Crippen LogP contribution in [0.25, 0.3) is 0 Å². The van der Waals surface area contributed by atoms with E-state index >= 15 is 0 Å². The SMILES string of the molecule is Nc1ccc(F)cc1SCc1c(F)ccc(Br)c1F. The maximum atomic E-state index is 13.7. The van der Waals surface area contributed by atoms with Crippen molar-refractivity contribution in [1.29, 1.82) is 0 Å². The van der Waals surface area contributed by atoms with Gasteiger partial charge in [-0.05, 0) is 46.3 Å². The monoisotopic (exact) mass is 347 g/mol. The van der Waals surface area contributed by atoms with Crippen LogP contribution in [0.3, 0.4) is 0 Å². The largest absolute Gasteiger partial charge is 0.398 e. The van der Waals surface area contributed by atoms with Gasteiger partial charge in [0.2, 0.25) is 0 Å². The van der Waals surface area contributed by atoms with E-state index in [0.29, 0.717) is 10.6 Å². The van der Waals surface area contributed by atoms with Crippen molar-refractivity contribution in [1.82, 2.24) is 0 Å². The number of rotatable bonds is 3. The molecular weight excluding hydrogens is 339 g/mol. The maximum absolute atomic E-state index is 13.7. The highest BCUT2D eigenvalue weighted by Gasteiger charge is 2.13.